The Labute approximate surface area is 166 Å². The molecule has 28 heavy (non-hydrogen) atoms. The van der Waals surface area contributed by atoms with Gasteiger partial charge in [-0.05, 0) is 73.5 Å². The van der Waals surface area contributed by atoms with Gasteiger partial charge in [0.15, 0.2) is 5.78 Å². The van der Waals surface area contributed by atoms with Crippen LogP contribution in [0.5, 0.6) is 0 Å². The maximum atomic E-state index is 11.8. The summed E-state index contributed by atoms with van der Waals surface area (Å²) >= 11 is 0. The van der Waals surface area contributed by atoms with Gasteiger partial charge in [0.25, 0.3) is 0 Å². The number of ketones is 1. The second-order valence-corrected chi connectivity index (χ2v) is 8.74. The molecule has 1 aromatic carbocycles. The van der Waals surface area contributed by atoms with E-state index in [2.05, 4.69) is 19.1 Å². The lowest BCUT2D eigenvalue weighted by atomic mass is 9.70. The van der Waals surface area contributed by atoms with Crippen molar-refractivity contribution < 1.29 is 24.9 Å². The molecule has 1 saturated carbocycles. The molecule has 0 amide bonds. The quantitative estimate of drug-likeness (QED) is 0.691. The van der Waals surface area contributed by atoms with Crippen LogP contribution in [0.4, 0.5) is 0 Å². The molecule has 3 unspecified atom stereocenters. The lowest BCUT2D eigenvalue weighted by Gasteiger charge is -2.37. The van der Waals surface area contributed by atoms with Crippen LogP contribution in [0.1, 0.15) is 68.1 Å². The topological polar surface area (TPSA) is 87.0 Å². The summed E-state index contributed by atoms with van der Waals surface area (Å²) in [6.45, 7) is 2.10. The summed E-state index contributed by atoms with van der Waals surface area (Å²) < 4.78 is 5.46. The first-order chi connectivity index (χ1) is 13.4. The lowest BCUT2D eigenvalue weighted by Crippen LogP contribution is -2.31. The Hall–Kier alpha value is -1.69. The zero-order chi connectivity index (χ0) is 19.8. The van der Waals surface area contributed by atoms with Crippen molar-refractivity contribution in [3.8, 4) is 0 Å². The Morgan fingerprint density at radius 3 is 2.57 bits per heavy atom. The molecule has 4 rings (SSSR count). The minimum absolute atomic E-state index is 0.000118. The normalized spacial score (nSPS) is 36.1. The maximum Gasteiger partial charge on any atom is 0.204 e. The molecule has 1 aromatic rings. The number of carbonyl (C=O) groups is 1. The summed E-state index contributed by atoms with van der Waals surface area (Å²) in [5.41, 5.74) is 3.32. The van der Waals surface area contributed by atoms with Gasteiger partial charge in [-0.25, -0.2) is 0 Å². The van der Waals surface area contributed by atoms with Crippen molar-refractivity contribution in [2.24, 2.45) is 11.8 Å². The molecule has 1 heterocycles. The number of rotatable bonds is 1. The molecule has 1 fully saturated rings. The third-order valence-electron chi connectivity index (χ3n) is 6.86. The van der Waals surface area contributed by atoms with Crippen LogP contribution < -0.4 is 0 Å². The van der Waals surface area contributed by atoms with Crippen molar-refractivity contribution in [3.63, 3.8) is 0 Å². The fourth-order valence-corrected chi connectivity index (χ4v) is 5.15. The van der Waals surface area contributed by atoms with Crippen molar-refractivity contribution in [3.05, 3.63) is 41.0 Å². The second kappa shape index (κ2) is 7.97. The Morgan fingerprint density at radius 1 is 1.00 bits per heavy atom. The third-order valence-corrected chi connectivity index (χ3v) is 6.86. The first-order valence-corrected chi connectivity index (χ1v) is 10.5. The van der Waals surface area contributed by atoms with E-state index >= 15 is 0 Å². The zero-order valence-corrected chi connectivity index (χ0v) is 16.4. The number of aryl methyl sites for hydroxylation is 1. The van der Waals surface area contributed by atoms with E-state index in [0.717, 1.165) is 31.2 Å². The Balaban J connectivity index is 1.63. The average molecular weight is 386 g/mol. The van der Waals surface area contributed by atoms with Gasteiger partial charge in [-0.15, -0.1) is 0 Å². The molecule has 0 radical (unpaired) electrons. The number of fused-ring (bicyclic) bond motifs is 3. The van der Waals surface area contributed by atoms with Crippen LogP contribution in [0, 0.1) is 11.8 Å². The summed E-state index contributed by atoms with van der Waals surface area (Å²) in [4.78, 5) is 11.8. The van der Waals surface area contributed by atoms with Gasteiger partial charge >= 0.3 is 0 Å². The van der Waals surface area contributed by atoms with E-state index in [1.165, 1.54) is 17.2 Å². The van der Waals surface area contributed by atoms with E-state index in [9.17, 15) is 20.1 Å². The van der Waals surface area contributed by atoms with Gasteiger partial charge in [-0.1, -0.05) is 19.1 Å². The monoisotopic (exact) mass is 386 g/mol. The fourth-order valence-electron chi connectivity index (χ4n) is 5.15. The third kappa shape index (κ3) is 3.88. The second-order valence-electron chi connectivity index (χ2n) is 8.74. The maximum absolute atomic E-state index is 11.8. The Kier molecular flexibility index (Phi) is 5.59. The molecule has 5 nitrogen and oxygen atoms in total. The molecule has 0 spiro atoms. The van der Waals surface area contributed by atoms with Crippen LogP contribution in [0.2, 0.25) is 0 Å². The number of hydrogen-bond donors (Lipinski definition) is 3. The smallest absolute Gasteiger partial charge is 0.204 e. The highest BCUT2D eigenvalue weighted by Gasteiger charge is 2.36. The van der Waals surface area contributed by atoms with Gasteiger partial charge in [0, 0.05) is 11.6 Å². The highest BCUT2D eigenvalue weighted by Crippen LogP contribution is 2.44. The number of hydrogen-bond acceptors (Lipinski definition) is 5. The summed E-state index contributed by atoms with van der Waals surface area (Å²) in [5.74, 6) is 1.06. The first kappa shape index (κ1) is 19.6. The largest absolute Gasteiger partial charge is 0.464 e. The molecule has 152 valence electrons. The number of aliphatic hydroxyl groups excluding tert-OH is 3. The van der Waals surface area contributed by atoms with Crippen LogP contribution in [-0.2, 0) is 16.0 Å². The van der Waals surface area contributed by atoms with E-state index < -0.39 is 6.29 Å². The molecule has 3 N–H and O–H groups in total. The van der Waals surface area contributed by atoms with E-state index in [1.807, 2.05) is 6.07 Å². The van der Waals surface area contributed by atoms with Gasteiger partial charge < -0.3 is 20.1 Å². The van der Waals surface area contributed by atoms with E-state index in [-0.39, 0.29) is 42.2 Å². The molecule has 2 aliphatic carbocycles. The minimum atomic E-state index is -1.08. The van der Waals surface area contributed by atoms with Gasteiger partial charge in [0.2, 0.25) is 6.29 Å². The van der Waals surface area contributed by atoms with E-state index in [0.29, 0.717) is 18.6 Å². The van der Waals surface area contributed by atoms with Gasteiger partial charge in [0.1, 0.15) is 5.76 Å². The molecule has 0 saturated heterocycles. The number of aliphatic hydroxyl groups is 3. The highest BCUT2D eigenvalue weighted by atomic mass is 16.6. The van der Waals surface area contributed by atoms with Gasteiger partial charge in [0.05, 0.1) is 18.6 Å². The zero-order valence-electron chi connectivity index (χ0n) is 16.4. The summed E-state index contributed by atoms with van der Waals surface area (Å²) in [5, 5.41) is 30.8. The summed E-state index contributed by atoms with van der Waals surface area (Å²) in [6, 6.07) is 6.12. The molecule has 6 atom stereocenters. The van der Waals surface area contributed by atoms with Crippen molar-refractivity contribution in [2.45, 2.75) is 76.3 Å². The van der Waals surface area contributed by atoms with E-state index in [4.69, 9.17) is 4.74 Å². The first-order valence-electron chi connectivity index (χ1n) is 10.5. The Bertz CT molecular complexity index is 770. The van der Waals surface area contributed by atoms with Crippen LogP contribution >= 0.6 is 0 Å². The SMILES string of the molecule is C[C@H]1CCC2c3ccc(C4=CC(=O)CC(O)O4)cc3CCC2[C@@H](O)CC[C@H]1O. The minimum Gasteiger partial charge on any atom is -0.464 e. The molecule has 0 aromatic heterocycles. The molecule has 5 heteroatoms. The number of benzene rings is 1. The molecule has 3 aliphatic rings. The average Bonchev–Trinajstić information content (AvgIpc) is 2.72. The van der Waals surface area contributed by atoms with Crippen LogP contribution in [0.15, 0.2) is 24.3 Å². The van der Waals surface area contributed by atoms with Crippen molar-refractivity contribution in [1.29, 1.82) is 0 Å². The van der Waals surface area contributed by atoms with Crippen molar-refractivity contribution in [2.75, 3.05) is 0 Å². The Morgan fingerprint density at radius 2 is 1.79 bits per heavy atom. The number of allylic oxidation sites excluding steroid dienone is 1. The highest BCUT2D eigenvalue weighted by molar-refractivity contribution is 5.97. The summed E-state index contributed by atoms with van der Waals surface area (Å²) in [6.07, 6.45) is 4.70. The predicted octanol–water partition coefficient (Wildman–Crippen LogP) is 2.91. The number of ether oxygens (including phenoxy) is 1. The fraction of sp³-hybridized carbons (Fsp3) is 0.609. The van der Waals surface area contributed by atoms with E-state index in [1.54, 1.807) is 0 Å². The summed E-state index contributed by atoms with van der Waals surface area (Å²) in [7, 11) is 0. The molecule has 1 aliphatic heterocycles. The molecule has 0 bridgehead atoms. The lowest BCUT2D eigenvalue weighted by molar-refractivity contribution is -0.125. The van der Waals surface area contributed by atoms with Crippen LogP contribution in [-0.4, -0.2) is 39.6 Å². The standard InChI is InChI=1S/C23H30O5/c1-13-2-5-18-17-6-4-15(22-11-16(24)12-23(27)28-22)10-14(17)3-7-19(18)21(26)9-8-20(13)25/h4,6,10-11,13,18-21,23,25-27H,2-3,5,7-9,12H2,1H3/t13-,18?,19?,20+,21-,23?/m0/s1. The molecular weight excluding hydrogens is 356 g/mol. The van der Waals surface area contributed by atoms with Crippen LogP contribution in [0.3, 0.4) is 0 Å². The predicted molar refractivity (Wildman–Crippen MR) is 105 cm³/mol. The van der Waals surface area contributed by atoms with Crippen LogP contribution in [0.25, 0.3) is 5.76 Å². The van der Waals surface area contributed by atoms with Crippen molar-refractivity contribution in [1.82, 2.24) is 0 Å². The van der Waals surface area contributed by atoms with Gasteiger partial charge in [-0.3, -0.25) is 4.79 Å². The van der Waals surface area contributed by atoms with Gasteiger partial charge in [-0.2, -0.15) is 0 Å². The number of carbonyl (C=O) groups excluding carboxylic acids is 1. The van der Waals surface area contributed by atoms with Crippen molar-refractivity contribution >= 4 is 11.5 Å². The molecular formula is C23H30O5.